The maximum Gasteiger partial charge on any atom is 0.122 e. The van der Waals surface area contributed by atoms with Crippen LogP contribution in [0.1, 0.15) is 26.2 Å². The minimum atomic E-state index is 0.254. The number of aldehydes is 1. The molecule has 0 saturated carbocycles. The summed E-state index contributed by atoms with van der Waals surface area (Å²) in [4.78, 5) is 10.1. The lowest BCUT2D eigenvalue weighted by molar-refractivity contribution is -0.110. The topological polar surface area (TPSA) is 17.1 Å². The first-order valence-electron chi connectivity index (χ1n) is 3.32. The van der Waals surface area contributed by atoms with Gasteiger partial charge in [-0.05, 0) is 12.8 Å². The molecule has 1 nitrogen and oxygen atoms in total. The summed E-state index contributed by atoms with van der Waals surface area (Å²) in [6.07, 6.45) is 4.40. The number of alkyl halides is 1. The minimum absolute atomic E-state index is 0.254. The molecule has 0 aromatic carbocycles. The van der Waals surface area contributed by atoms with Crippen LogP contribution < -0.4 is 0 Å². The third-order valence-corrected chi connectivity index (χ3v) is 1.84. The lowest BCUT2D eigenvalue weighted by Gasteiger charge is -1.99. The fourth-order valence-corrected chi connectivity index (χ4v) is 1.03. The molecule has 0 spiro atoms. The van der Waals surface area contributed by atoms with Gasteiger partial charge in [0, 0.05) is 11.2 Å². The zero-order valence-corrected chi connectivity index (χ0v) is 7.36. The maximum atomic E-state index is 10.1. The molecule has 0 aromatic heterocycles. The van der Waals surface area contributed by atoms with Crippen molar-refractivity contribution in [3.63, 3.8) is 0 Å². The van der Waals surface area contributed by atoms with Gasteiger partial charge in [0.2, 0.25) is 0 Å². The highest BCUT2D eigenvalue weighted by atomic mass is 79.9. The standard InChI is InChI=1S/C7H13BrO/c1-7(6-9)4-2-3-5-8/h6-7H,2-5H2,1H3. The van der Waals surface area contributed by atoms with Gasteiger partial charge in [-0.1, -0.05) is 29.3 Å². The molecule has 0 amide bonds. The quantitative estimate of drug-likeness (QED) is 0.372. The van der Waals surface area contributed by atoms with Crippen LogP contribution in [-0.4, -0.2) is 11.6 Å². The van der Waals surface area contributed by atoms with Gasteiger partial charge in [-0.15, -0.1) is 0 Å². The molecule has 0 bridgehead atoms. The molecule has 54 valence electrons. The van der Waals surface area contributed by atoms with Crippen molar-refractivity contribution in [2.24, 2.45) is 5.92 Å². The highest BCUT2D eigenvalue weighted by Gasteiger charge is 1.96. The van der Waals surface area contributed by atoms with E-state index in [0.29, 0.717) is 0 Å². The number of carbonyl (C=O) groups is 1. The second-order valence-electron chi connectivity index (χ2n) is 2.30. The van der Waals surface area contributed by atoms with Crippen LogP contribution in [0.4, 0.5) is 0 Å². The predicted molar refractivity (Wildman–Crippen MR) is 42.9 cm³/mol. The normalized spacial score (nSPS) is 13.1. The molecule has 0 aromatic rings. The third kappa shape index (κ3) is 6.03. The Morgan fingerprint density at radius 3 is 2.67 bits per heavy atom. The monoisotopic (exact) mass is 192 g/mol. The molecule has 0 aliphatic rings. The second-order valence-corrected chi connectivity index (χ2v) is 3.09. The van der Waals surface area contributed by atoms with Crippen LogP contribution in [0, 0.1) is 5.92 Å². The Kier molecular flexibility index (Phi) is 6.38. The summed E-state index contributed by atoms with van der Waals surface area (Å²) in [6.45, 7) is 1.96. The molecule has 0 rings (SSSR count). The van der Waals surface area contributed by atoms with Crippen LogP contribution in [-0.2, 0) is 4.79 Å². The predicted octanol–water partition coefficient (Wildman–Crippen LogP) is 2.39. The van der Waals surface area contributed by atoms with Crippen LogP contribution >= 0.6 is 15.9 Å². The average Bonchev–Trinajstić information content (AvgIpc) is 1.89. The van der Waals surface area contributed by atoms with E-state index in [1.807, 2.05) is 6.92 Å². The molecular formula is C7H13BrO. The van der Waals surface area contributed by atoms with Crippen molar-refractivity contribution in [1.82, 2.24) is 0 Å². The Balaban J connectivity index is 2.96. The molecule has 0 aliphatic heterocycles. The molecule has 0 N–H and O–H groups in total. The Hall–Kier alpha value is 0.150. The lowest BCUT2D eigenvalue weighted by atomic mass is 10.1. The van der Waals surface area contributed by atoms with E-state index >= 15 is 0 Å². The first kappa shape index (κ1) is 9.15. The first-order valence-corrected chi connectivity index (χ1v) is 4.44. The van der Waals surface area contributed by atoms with Crippen LogP contribution in [0.2, 0.25) is 0 Å². The molecular weight excluding hydrogens is 180 g/mol. The zero-order chi connectivity index (χ0) is 7.11. The van der Waals surface area contributed by atoms with Crippen molar-refractivity contribution in [2.45, 2.75) is 26.2 Å². The Bertz CT molecular complexity index is 73.3. The van der Waals surface area contributed by atoms with Gasteiger partial charge < -0.3 is 4.79 Å². The first-order chi connectivity index (χ1) is 4.31. The maximum absolute atomic E-state index is 10.1. The molecule has 1 unspecified atom stereocenters. The van der Waals surface area contributed by atoms with E-state index in [2.05, 4.69) is 15.9 Å². The largest absolute Gasteiger partial charge is 0.303 e. The summed E-state index contributed by atoms with van der Waals surface area (Å²) >= 11 is 3.33. The number of carbonyl (C=O) groups excluding carboxylic acids is 1. The lowest BCUT2D eigenvalue weighted by Crippen LogP contribution is -1.94. The third-order valence-electron chi connectivity index (χ3n) is 1.28. The molecule has 2 heteroatoms. The van der Waals surface area contributed by atoms with Crippen LogP contribution in [0.15, 0.2) is 0 Å². The zero-order valence-electron chi connectivity index (χ0n) is 5.77. The average molecular weight is 193 g/mol. The molecule has 0 saturated heterocycles. The molecule has 9 heavy (non-hydrogen) atoms. The van der Waals surface area contributed by atoms with Gasteiger partial charge in [0.05, 0.1) is 0 Å². The van der Waals surface area contributed by atoms with Gasteiger partial charge in [0.15, 0.2) is 0 Å². The fraction of sp³-hybridized carbons (Fsp3) is 0.857. The van der Waals surface area contributed by atoms with Gasteiger partial charge in [-0.2, -0.15) is 0 Å². The summed E-state index contributed by atoms with van der Waals surface area (Å²) in [6, 6.07) is 0. The van der Waals surface area contributed by atoms with Crippen molar-refractivity contribution in [1.29, 1.82) is 0 Å². The summed E-state index contributed by atoms with van der Waals surface area (Å²) < 4.78 is 0. The van der Waals surface area contributed by atoms with Crippen LogP contribution in [0.5, 0.6) is 0 Å². The van der Waals surface area contributed by atoms with Crippen molar-refractivity contribution >= 4 is 22.2 Å². The Labute approximate surface area is 65.0 Å². The molecule has 0 aliphatic carbocycles. The summed E-state index contributed by atoms with van der Waals surface area (Å²) in [5, 5.41) is 1.05. The number of halogens is 1. The van der Waals surface area contributed by atoms with Gasteiger partial charge in [0.25, 0.3) is 0 Å². The smallest absolute Gasteiger partial charge is 0.122 e. The second kappa shape index (κ2) is 6.27. The SMILES string of the molecule is CC(C=O)CCCCBr. The van der Waals surface area contributed by atoms with E-state index in [4.69, 9.17) is 0 Å². The van der Waals surface area contributed by atoms with Gasteiger partial charge in [-0.25, -0.2) is 0 Å². The van der Waals surface area contributed by atoms with E-state index in [1.165, 1.54) is 6.42 Å². The van der Waals surface area contributed by atoms with Crippen LogP contribution in [0.25, 0.3) is 0 Å². The molecule has 0 fully saturated rings. The molecule has 0 radical (unpaired) electrons. The van der Waals surface area contributed by atoms with E-state index in [1.54, 1.807) is 0 Å². The fourth-order valence-electron chi connectivity index (χ4n) is 0.629. The highest BCUT2D eigenvalue weighted by Crippen LogP contribution is 2.05. The summed E-state index contributed by atoms with van der Waals surface area (Å²) in [5.41, 5.74) is 0. The van der Waals surface area contributed by atoms with E-state index in [9.17, 15) is 4.79 Å². The minimum Gasteiger partial charge on any atom is -0.303 e. The molecule has 1 atom stereocenters. The highest BCUT2D eigenvalue weighted by molar-refractivity contribution is 9.09. The summed E-state index contributed by atoms with van der Waals surface area (Å²) in [7, 11) is 0. The van der Waals surface area contributed by atoms with Crippen molar-refractivity contribution in [3.05, 3.63) is 0 Å². The van der Waals surface area contributed by atoms with Crippen molar-refractivity contribution < 1.29 is 4.79 Å². The number of unbranched alkanes of at least 4 members (excludes halogenated alkanes) is 1. The summed E-state index contributed by atoms with van der Waals surface area (Å²) in [5.74, 6) is 0.254. The van der Waals surface area contributed by atoms with Crippen molar-refractivity contribution in [3.8, 4) is 0 Å². The number of rotatable bonds is 5. The van der Waals surface area contributed by atoms with E-state index in [-0.39, 0.29) is 5.92 Å². The Morgan fingerprint density at radius 2 is 2.22 bits per heavy atom. The van der Waals surface area contributed by atoms with E-state index < -0.39 is 0 Å². The number of hydrogen-bond donors (Lipinski definition) is 0. The molecule has 0 heterocycles. The van der Waals surface area contributed by atoms with Crippen LogP contribution in [0.3, 0.4) is 0 Å². The van der Waals surface area contributed by atoms with Gasteiger partial charge in [-0.3, -0.25) is 0 Å². The van der Waals surface area contributed by atoms with E-state index in [0.717, 1.165) is 24.5 Å². The Morgan fingerprint density at radius 1 is 1.56 bits per heavy atom. The van der Waals surface area contributed by atoms with Crippen molar-refractivity contribution in [2.75, 3.05) is 5.33 Å². The van der Waals surface area contributed by atoms with Gasteiger partial charge >= 0.3 is 0 Å². The number of hydrogen-bond acceptors (Lipinski definition) is 1. The van der Waals surface area contributed by atoms with Gasteiger partial charge in [0.1, 0.15) is 6.29 Å².